The molecule has 2 rings (SSSR count). The highest BCUT2D eigenvalue weighted by molar-refractivity contribution is 7.89. The van der Waals surface area contributed by atoms with Gasteiger partial charge >= 0.3 is 0 Å². The Morgan fingerprint density at radius 1 is 1.37 bits per heavy atom. The molecule has 1 fully saturated rings. The maximum atomic E-state index is 13.5. The monoisotopic (exact) mass is 326 g/mol. The molecule has 0 radical (unpaired) electrons. The van der Waals surface area contributed by atoms with Gasteiger partial charge in [-0.3, -0.25) is 0 Å². The molecule has 8 heteroatoms. The molecule has 0 amide bonds. The van der Waals surface area contributed by atoms with Gasteiger partial charge in [-0.05, 0) is 31.5 Å². The van der Waals surface area contributed by atoms with Gasteiger partial charge in [0.2, 0.25) is 10.0 Å². The largest absolute Gasteiger partial charge is 0.315 e. The fourth-order valence-electron chi connectivity index (χ4n) is 1.95. The van der Waals surface area contributed by atoms with Gasteiger partial charge in [0.05, 0.1) is 10.0 Å². The van der Waals surface area contributed by atoms with Gasteiger partial charge in [0, 0.05) is 12.6 Å². The first-order valence-corrected chi connectivity index (χ1v) is 8.02. The average molecular weight is 327 g/mol. The van der Waals surface area contributed by atoms with Crippen molar-refractivity contribution in [2.45, 2.75) is 23.8 Å². The lowest BCUT2D eigenvalue weighted by atomic mass is 10.1. The first-order valence-electron chi connectivity index (χ1n) is 5.78. The Morgan fingerprint density at radius 2 is 2.11 bits per heavy atom. The lowest BCUT2D eigenvalue weighted by molar-refractivity contribution is 0.428. The van der Waals surface area contributed by atoms with E-state index < -0.39 is 20.9 Å². The van der Waals surface area contributed by atoms with Crippen LogP contribution in [0, 0.1) is 5.82 Å². The van der Waals surface area contributed by atoms with Crippen molar-refractivity contribution in [2.75, 3.05) is 13.1 Å². The Hall–Kier alpha value is -0.400. The number of hydrogen-bond acceptors (Lipinski definition) is 3. The van der Waals surface area contributed by atoms with E-state index in [0.29, 0.717) is 6.54 Å². The van der Waals surface area contributed by atoms with Crippen LogP contribution >= 0.6 is 23.2 Å². The predicted octanol–water partition coefficient (Wildman–Crippen LogP) is 2.16. The summed E-state index contributed by atoms with van der Waals surface area (Å²) < 4.78 is 40.3. The van der Waals surface area contributed by atoms with Crippen molar-refractivity contribution in [2.24, 2.45) is 0 Å². The first kappa shape index (κ1) is 15.0. The van der Waals surface area contributed by atoms with Gasteiger partial charge in [0.1, 0.15) is 4.90 Å². The van der Waals surface area contributed by atoms with Gasteiger partial charge in [-0.15, -0.1) is 0 Å². The van der Waals surface area contributed by atoms with E-state index in [4.69, 9.17) is 23.2 Å². The third kappa shape index (κ3) is 3.38. The molecule has 0 aromatic heterocycles. The van der Waals surface area contributed by atoms with Crippen molar-refractivity contribution in [3.63, 3.8) is 0 Å². The lowest BCUT2D eigenvalue weighted by Crippen LogP contribution is -2.45. The minimum atomic E-state index is -3.85. The number of sulfonamides is 1. The summed E-state index contributed by atoms with van der Waals surface area (Å²) in [6.07, 6.45) is 1.62. The van der Waals surface area contributed by atoms with Crippen LogP contribution in [0.1, 0.15) is 12.8 Å². The quantitative estimate of drug-likeness (QED) is 0.837. The van der Waals surface area contributed by atoms with Crippen molar-refractivity contribution in [3.8, 4) is 0 Å². The summed E-state index contributed by atoms with van der Waals surface area (Å²) in [7, 11) is -3.85. The van der Waals surface area contributed by atoms with Gasteiger partial charge in [0.25, 0.3) is 0 Å². The smallest absolute Gasteiger partial charge is 0.242 e. The van der Waals surface area contributed by atoms with Crippen LogP contribution in [0.4, 0.5) is 4.39 Å². The Kier molecular flexibility index (Phi) is 4.68. The molecule has 106 valence electrons. The lowest BCUT2D eigenvalue weighted by Gasteiger charge is -2.23. The van der Waals surface area contributed by atoms with E-state index in [-0.39, 0.29) is 16.0 Å². The highest BCUT2D eigenvalue weighted by Crippen LogP contribution is 2.29. The molecule has 4 nitrogen and oxygen atoms in total. The summed E-state index contributed by atoms with van der Waals surface area (Å²) in [6.45, 7) is 1.42. The average Bonchev–Trinajstić information content (AvgIpc) is 2.36. The van der Waals surface area contributed by atoms with E-state index >= 15 is 0 Å². The third-order valence-corrected chi connectivity index (χ3v) is 5.24. The topological polar surface area (TPSA) is 58.2 Å². The number of nitrogens with one attached hydrogen (secondary N) is 2. The summed E-state index contributed by atoms with van der Waals surface area (Å²) in [4.78, 5) is -0.290. The van der Waals surface area contributed by atoms with Gasteiger partial charge in [-0.25, -0.2) is 17.5 Å². The Labute approximate surface area is 121 Å². The minimum absolute atomic E-state index is 0.205. The van der Waals surface area contributed by atoms with Crippen molar-refractivity contribution in [1.29, 1.82) is 0 Å². The molecule has 0 aliphatic carbocycles. The second kappa shape index (κ2) is 5.93. The molecule has 1 saturated heterocycles. The summed E-state index contributed by atoms with van der Waals surface area (Å²) in [5.74, 6) is -0.923. The van der Waals surface area contributed by atoms with Crippen LogP contribution in [-0.4, -0.2) is 27.5 Å². The first-order chi connectivity index (χ1) is 8.92. The second-order valence-corrected chi connectivity index (χ2v) is 6.81. The van der Waals surface area contributed by atoms with Crippen LogP contribution in [0.3, 0.4) is 0 Å². The Morgan fingerprint density at radius 3 is 2.74 bits per heavy atom. The van der Waals surface area contributed by atoms with E-state index in [1.54, 1.807) is 0 Å². The Bertz CT molecular complexity index is 574. The normalized spacial score (nSPS) is 20.5. The van der Waals surface area contributed by atoms with Gasteiger partial charge in [0.15, 0.2) is 5.82 Å². The zero-order valence-electron chi connectivity index (χ0n) is 9.92. The maximum Gasteiger partial charge on any atom is 0.242 e. The molecule has 0 spiro atoms. The zero-order chi connectivity index (χ0) is 14.0. The van der Waals surface area contributed by atoms with Crippen LogP contribution in [0.25, 0.3) is 0 Å². The predicted molar refractivity (Wildman–Crippen MR) is 72.6 cm³/mol. The van der Waals surface area contributed by atoms with Crippen molar-refractivity contribution < 1.29 is 12.8 Å². The number of hydrogen-bond donors (Lipinski definition) is 2. The van der Waals surface area contributed by atoms with Crippen LogP contribution < -0.4 is 10.0 Å². The number of halogens is 3. The molecule has 1 atom stereocenters. The minimum Gasteiger partial charge on any atom is -0.315 e. The van der Waals surface area contributed by atoms with Crippen molar-refractivity contribution in [3.05, 3.63) is 28.0 Å². The zero-order valence-corrected chi connectivity index (χ0v) is 12.2. The number of benzene rings is 1. The molecule has 0 unspecified atom stereocenters. The van der Waals surface area contributed by atoms with E-state index in [2.05, 4.69) is 10.0 Å². The van der Waals surface area contributed by atoms with Crippen LogP contribution in [0.5, 0.6) is 0 Å². The fraction of sp³-hybridized carbons (Fsp3) is 0.455. The van der Waals surface area contributed by atoms with Gasteiger partial charge < -0.3 is 5.32 Å². The van der Waals surface area contributed by atoms with E-state index in [1.807, 2.05) is 0 Å². The molecule has 0 bridgehead atoms. The van der Waals surface area contributed by atoms with E-state index in [1.165, 1.54) is 12.1 Å². The van der Waals surface area contributed by atoms with Crippen LogP contribution in [0.2, 0.25) is 10.0 Å². The molecule has 19 heavy (non-hydrogen) atoms. The van der Waals surface area contributed by atoms with Crippen molar-refractivity contribution in [1.82, 2.24) is 10.0 Å². The summed E-state index contributed by atoms with van der Waals surface area (Å²) in [6, 6.07) is 2.16. The van der Waals surface area contributed by atoms with E-state index in [9.17, 15) is 12.8 Å². The molecular weight excluding hydrogens is 314 g/mol. The van der Waals surface area contributed by atoms with Crippen LogP contribution in [-0.2, 0) is 10.0 Å². The fourth-order valence-corrected chi connectivity index (χ4v) is 3.97. The summed E-state index contributed by atoms with van der Waals surface area (Å²) in [5, 5.41) is 2.40. The SMILES string of the molecule is O=S(=O)(N[C@@H]1CCCNC1)c1ccc(Cl)c(F)c1Cl. The third-order valence-electron chi connectivity index (χ3n) is 2.91. The molecule has 1 aromatic rings. The van der Waals surface area contributed by atoms with Crippen molar-refractivity contribution >= 4 is 33.2 Å². The standard InChI is InChI=1S/C11H13Cl2FN2O2S/c12-8-3-4-9(10(13)11(8)14)19(17,18)16-7-2-1-5-15-6-7/h3-4,7,15-16H,1-2,5-6H2/t7-/m1/s1. The van der Waals surface area contributed by atoms with Gasteiger partial charge in [-0.2, -0.15) is 0 Å². The molecule has 1 heterocycles. The number of piperidine rings is 1. The van der Waals surface area contributed by atoms with Gasteiger partial charge in [-0.1, -0.05) is 23.2 Å². The Balaban J connectivity index is 2.26. The summed E-state index contributed by atoms with van der Waals surface area (Å²) in [5.41, 5.74) is 0. The molecule has 0 saturated carbocycles. The highest BCUT2D eigenvalue weighted by Gasteiger charge is 2.25. The summed E-state index contributed by atoms with van der Waals surface area (Å²) >= 11 is 11.2. The maximum absolute atomic E-state index is 13.5. The van der Waals surface area contributed by atoms with E-state index in [0.717, 1.165) is 19.4 Å². The molecular formula is C11H13Cl2FN2O2S. The number of rotatable bonds is 3. The van der Waals surface area contributed by atoms with Crippen LogP contribution in [0.15, 0.2) is 17.0 Å². The highest BCUT2D eigenvalue weighted by atomic mass is 35.5. The molecule has 1 aliphatic rings. The second-order valence-electron chi connectivity index (χ2n) is 4.34. The molecule has 2 N–H and O–H groups in total. The molecule has 1 aromatic carbocycles. The molecule has 1 aliphatic heterocycles.